The second-order valence-electron chi connectivity index (χ2n) is 20.2. The Morgan fingerprint density at radius 1 is 0.659 bits per heavy atom. The Hall–Kier alpha value is -6.64. The molecule has 1 aliphatic rings. The Labute approximate surface area is 490 Å². The predicted molar refractivity (Wildman–Crippen MR) is 318 cm³/mol. The van der Waals surface area contributed by atoms with Gasteiger partial charge in [-0.05, 0) is 116 Å². The van der Waals surface area contributed by atoms with E-state index in [1.807, 2.05) is 12.1 Å². The van der Waals surface area contributed by atoms with Crippen LogP contribution in [0.4, 0.5) is 5.69 Å². The number of aromatic hydroxyl groups is 2. The Bertz CT molecular complexity index is 2700. The van der Waals surface area contributed by atoms with E-state index < -0.39 is 102 Å². The van der Waals surface area contributed by atoms with Gasteiger partial charge in [0.05, 0.1) is 12.1 Å². The van der Waals surface area contributed by atoms with Crippen LogP contribution >= 0.6 is 33.2 Å². The van der Waals surface area contributed by atoms with Gasteiger partial charge in [0.1, 0.15) is 54.0 Å². The molecule has 5 rings (SSSR count). The van der Waals surface area contributed by atoms with Gasteiger partial charge in [0, 0.05) is 54.1 Å². The van der Waals surface area contributed by atoms with E-state index in [1.54, 1.807) is 48.5 Å². The number of hydrogen-bond donors (Lipinski definition) is 15. The van der Waals surface area contributed by atoms with Crippen LogP contribution in [-0.4, -0.2) is 147 Å². The lowest BCUT2D eigenvalue weighted by atomic mass is 10.0. The molecule has 82 heavy (non-hydrogen) atoms. The zero-order valence-corrected chi connectivity index (χ0v) is 48.4. The third-order valence-electron chi connectivity index (χ3n) is 13.5. The molecule has 1 saturated heterocycles. The summed E-state index contributed by atoms with van der Waals surface area (Å²) in [5, 5.41) is 65.5. The van der Waals surface area contributed by atoms with Gasteiger partial charge < -0.3 is 74.8 Å². The van der Waals surface area contributed by atoms with Crippen LogP contribution in [0, 0.1) is 0 Å². The fraction of sp³-hybridized carbons (Fsp3) is 0.456. The molecule has 1 fully saturated rings. The fourth-order valence-corrected chi connectivity index (χ4v) is 11.2. The summed E-state index contributed by atoms with van der Waals surface area (Å²) in [6, 6.07) is 14.8. The summed E-state index contributed by atoms with van der Waals surface area (Å²) in [5.74, 6) is -6.66. The number of phenols is 2. The average Bonchev–Trinajstić information content (AvgIpc) is 3.60. The molecule has 0 aliphatic carbocycles. The van der Waals surface area contributed by atoms with Gasteiger partial charge in [-0.15, -0.1) is 0 Å². The fourth-order valence-electron chi connectivity index (χ4n) is 8.70. The summed E-state index contributed by atoms with van der Waals surface area (Å²) >= 11 is 6.11. The molecule has 1 heterocycles. The van der Waals surface area contributed by atoms with Crippen molar-refractivity contribution in [2.24, 2.45) is 17.2 Å². The number of benzene rings is 4. The van der Waals surface area contributed by atoms with Crippen molar-refractivity contribution in [2.75, 3.05) is 29.9 Å². The zero-order chi connectivity index (χ0) is 59.7. The monoisotopic (exact) mass is 1190 g/mol. The van der Waals surface area contributed by atoms with E-state index in [0.717, 1.165) is 58.6 Å². The number of nitrogens with two attached hydrogens (primary N) is 3. The third kappa shape index (κ3) is 22.3. The summed E-state index contributed by atoms with van der Waals surface area (Å²) in [6.07, 6.45) is 0.497. The van der Waals surface area contributed by atoms with E-state index in [1.165, 1.54) is 43.3 Å². The maximum atomic E-state index is 14.9. The van der Waals surface area contributed by atoms with Gasteiger partial charge in [0.2, 0.25) is 41.4 Å². The number of primary amides is 1. The molecule has 0 bridgehead atoms. The molecule has 4 aromatic rings. The van der Waals surface area contributed by atoms with E-state index in [-0.39, 0.29) is 61.7 Å². The Balaban J connectivity index is 1.56. The van der Waals surface area contributed by atoms with Crippen molar-refractivity contribution in [1.29, 1.82) is 0 Å². The number of amides is 7. The first-order chi connectivity index (χ1) is 39.2. The normalized spacial score (nSPS) is 21.2. The largest absolute Gasteiger partial charge is 0.508 e. The number of rotatable bonds is 24. The minimum atomic E-state index is -1.72. The SMILES string of the molecule is CCCCCNc1ccc(C[C@H]2NC(=O)[C@H](Cc3ccc(O)cc3)NC(=O)[C@H](NC(O)[C@@H](N)Cc3ccc(Cl)cc3)CSSC[C@@H](C(=O)N[C@H](Cc3ccc(O)cc3)C(N)=O)NC(=O)[C@H]([C@@H](C)O)NC(=O)[C@H](CCCCN)NC2=O)cc1. The van der Waals surface area contributed by atoms with Crippen LogP contribution in [0.2, 0.25) is 5.02 Å². The van der Waals surface area contributed by atoms with Crippen LogP contribution in [0.5, 0.6) is 11.5 Å². The van der Waals surface area contributed by atoms with Crippen LogP contribution in [0.3, 0.4) is 0 Å². The Morgan fingerprint density at radius 2 is 1.18 bits per heavy atom. The Kier molecular flexibility index (Phi) is 27.5. The van der Waals surface area contributed by atoms with E-state index >= 15 is 0 Å². The molecular weight excluding hydrogens is 1110 g/mol. The summed E-state index contributed by atoms with van der Waals surface area (Å²) in [5.41, 5.74) is 21.3. The van der Waals surface area contributed by atoms with E-state index in [9.17, 15) is 54.0 Å². The molecular formula is C57H78ClN11O11S2. The van der Waals surface area contributed by atoms with Gasteiger partial charge in [0.25, 0.3) is 0 Å². The van der Waals surface area contributed by atoms with Crippen molar-refractivity contribution in [2.45, 2.75) is 139 Å². The molecule has 0 radical (unpaired) electrons. The lowest BCUT2D eigenvalue weighted by molar-refractivity contribution is -0.136. The van der Waals surface area contributed by atoms with Gasteiger partial charge in [-0.2, -0.15) is 0 Å². The highest BCUT2D eigenvalue weighted by Gasteiger charge is 2.36. The molecule has 7 amide bonds. The summed E-state index contributed by atoms with van der Waals surface area (Å²) in [7, 11) is 2.03. The molecule has 25 heteroatoms. The maximum absolute atomic E-state index is 14.9. The highest BCUT2D eigenvalue weighted by molar-refractivity contribution is 8.76. The number of carbonyl (C=O) groups excluding carboxylic acids is 7. The van der Waals surface area contributed by atoms with E-state index in [2.05, 4.69) is 49.5 Å². The first-order valence-electron chi connectivity index (χ1n) is 27.3. The first-order valence-corrected chi connectivity index (χ1v) is 30.2. The van der Waals surface area contributed by atoms with Crippen LogP contribution in [0.1, 0.15) is 74.6 Å². The van der Waals surface area contributed by atoms with Crippen molar-refractivity contribution in [3.63, 3.8) is 0 Å². The number of aliphatic hydroxyl groups is 2. The third-order valence-corrected chi connectivity index (χ3v) is 16.2. The van der Waals surface area contributed by atoms with Crippen molar-refractivity contribution in [3.05, 3.63) is 124 Å². The summed E-state index contributed by atoms with van der Waals surface area (Å²) in [6.45, 7) is 4.34. The first kappa shape index (κ1) is 66.2. The van der Waals surface area contributed by atoms with Crippen LogP contribution < -0.4 is 59.7 Å². The molecule has 18 N–H and O–H groups in total. The number of nitrogens with one attached hydrogen (secondary N) is 8. The minimum Gasteiger partial charge on any atom is -0.508 e. The molecule has 1 aliphatic heterocycles. The van der Waals surface area contributed by atoms with Gasteiger partial charge in [0.15, 0.2) is 0 Å². The number of aliphatic hydroxyl groups excluding tert-OH is 2. The minimum absolute atomic E-state index is 0.000448. The van der Waals surface area contributed by atoms with Crippen LogP contribution in [0.25, 0.3) is 0 Å². The smallest absolute Gasteiger partial charge is 0.245 e. The second-order valence-corrected chi connectivity index (χ2v) is 23.2. The number of halogens is 1. The van der Waals surface area contributed by atoms with Crippen molar-refractivity contribution >= 4 is 80.2 Å². The maximum Gasteiger partial charge on any atom is 0.245 e. The zero-order valence-electron chi connectivity index (χ0n) is 46.0. The molecule has 446 valence electrons. The number of carbonyl (C=O) groups is 7. The molecule has 0 spiro atoms. The highest BCUT2D eigenvalue weighted by atomic mass is 35.5. The molecule has 0 aromatic heterocycles. The topological polar surface area (TPSA) is 375 Å². The highest BCUT2D eigenvalue weighted by Crippen LogP contribution is 2.25. The molecule has 10 atom stereocenters. The Morgan fingerprint density at radius 3 is 1.76 bits per heavy atom. The van der Waals surface area contributed by atoms with Gasteiger partial charge >= 0.3 is 0 Å². The van der Waals surface area contributed by atoms with E-state index in [4.69, 9.17) is 28.8 Å². The van der Waals surface area contributed by atoms with Crippen molar-refractivity contribution in [3.8, 4) is 11.5 Å². The van der Waals surface area contributed by atoms with Gasteiger partial charge in [-0.25, -0.2) is 0 Å². The quantitative estimate of drug-likeness (QED) is 0.0269. The predicted octanol–water partition coefficient (Wildman–Crippen LogP) is 1.53. The molecule has 4 aromatic carbocycles. The number of phenolic OH excluding ortho intramolecular Hbond substituents is 2. The number of hydrogen-bond acceptors (Lipinski definition) is 17. The molecule has 22 nitrogen and oxygen atoms in total. The lowest BCUT2D eigenvalue weighted by Gasteiger charge is -2.30. The summed E-state index contributed by atoms with van der Waals surface area (Å²) < 4.78 is 0. The van der Waals surface area contributed by atoms with Crippen molar-refractivity contribution < 1.29 is 54.0 Å². The van der Waals surface area contributed by atoms with Crippen LogP contribution in [-0.2, 0) is 59.2 Å². The number of unbranched alkanes of at least 4 members (excludes halogenated alkanes) is 3. The van der Waals surface area contributed by atoms with Gasteiger partial charge in [-0.3, -0.25) is 38.9 Å². The second kappa shape index (κ2) is 34.1. The lowest BCUT2D eigenvalue weighted by Crippen LogP contribution is -2.62. The summed E-state index contributed by atoms with van der Waals surface area (Å²) in [4.78, 5) is 100. The van der Waals surface area contributed by atoms with Crippen molar-refractivity contribution in [1.82, 2.24) is 37.2 Å². The average molecular weight is 1190 g/mol. The van der Waals surface area contributed by atoms with Gasteiger partial charge in [-0.1, -0.05) is 101 Å². The standard InChI is InChI=1S/C57H78ClN11O11S2/c1-3-4-7-26-62-39-19-11-35(12-20-39)29-45-53(76)63-43(8-5-6-25-59)52(75)69-49(33(2)70)57(80)68-48(55(78)64-44(50(61)73)28-36-13-21-40(71)22-14-36)32-82-81-31-47(67-51(74)42(60)27-34-9-17-38(58)18-10-34)56(79)66-46(54(77)65-45)30-37-15-23-41(72)24-16-37/h9-24,33,42-49,51,62,67,70-72,74H,3-8,25-32,59-60H2,1-2H3,(H2,61,73)(H,63,76)(H,64,78)(H,65,77)(H,66,79)(H,68,80)(H,69,75)/t33-,42+,43+,44-,45-,46+,47-,48+,49+,51?/m1/s1. The number of anilines is 1. The molecule has 0 saturated carbocycles. The molecule has 1 unspecified atom stereocenters. The van der Waals surface area contributed by atoms with E-state index in [0.29, 0.717) is 34.6 Å². The van der Waals surface area contributed by atoms with Crippen LogP contribution in [0.15, 0.2) is 97.1 Å².